The zero-order valence-electron chi connectivity index (χ0n) is 5.53. The zero-order chi connectivity index (χ0) is 7.26. The fourth-order valence-corrected chi connectivity index (χ4v) is 3.21. The van der Waals surface area contributed by atoms with Gasteiger partial charge in [0.1, 0.15) is 0 Å². The molecule has 0 radical (unpaired) electrons. The van der Waals surface area contributed by atoms with E-state index in [0.29, 0.717) is 14.5 Å². The van der Waals surface area contributed by atoms with Gasteiger partial charge in [0, 0.05) is 0 Å². The van der Waals surface area contributed by atoms with Gasteiger partial charge < -0.3 is 0 Å². The quantitative estimate of drug-likeness (QED) is 0.533. The predicted molar refractivity (Wildman–Crippen MR) is 42.9 cm³/mol. The van der Waals surface area contributed by atoms with Crippen LogP contribution in [0.4, 0.5) is 0 Å². The van der Waals surface area contributed by atoms with E-state index in [1.165, 1.54) is 4.26 Å². The fourth-order valence-electron chi connectivity index (χ4n) is 1.22. The number of furan rings is 2. The Morgan fingerprint density at radius 2 is 2.00 bits per heavy atom. The Kier molecular flexibility index (Phi) is 0.939. The van der Waals surface area contributed by atoms with Crippen LogP contribution in [0.15, 0.2) is 33.5 Å². The minimum absolute atomic E-state index is 0.334. The molecule has 0 aliphatic rings. The first-order valence-corrected chi connectivity index (χ1v) is 4.99. The van der Waals surface area contributed by atoms with Crippen LogP contribution in [0.5, 0.6) is 0 Å². The Balaban J connectivity index is 2.75. The number of rotatable bonds is 0. The van der Waals surface area contributed by atoms with Gasteiger partial charge in [0.15, 0.2) is 0 Å². The summed E-state index contributed by atoms with van der Waals surface area (Å²) in [4.78, 5) is 0. The summed E-state index contributed by atoms with van der Waals surface area (Å²) in [6.07, 6.45) is 3.46. The summed E-state index contributed by atoms with van der Waals surface area (Å²) in [7, 11) is 0. The van der Waals surface area contributed by atoms with Crippen LogP contribution in [0.1, 0.15) is 0 Å². The Labute approximate surface area is 68.1 Å². The molecule has 54 valence electrons. The summed E-state index contributed by atoms with van der Waals surface area (Å²) < 4.78 is 13.0. The van der Waals surface area contributed by atoms with Gasteiger partial charge in [-0.25, -0.2) is 0 Å². The molecule has 0 atom stereocenters. The molecule has 0 aromatic carbocycles. The van der Waals surface area contributed by atoms with E-state index in [4.69, 9.17) is 8.83 Å². The molecule has 3 aromatic rings. The van der Waals surface area contributed by atoms with Gasteiger partial charge in [0.05, 0.1) is 0 Å². The van der Waals surface area contributed by atoms with E-state index in [1.54, 1.807) is 12.5 Å². The van der Waals surface area contributed by atoms with Crippen LogP contribution >= 0.6 is 0 Å². The first kappa shape index (κ1) is 5.69. The van der Waals surface area contributed by atoms with Crippen molar-refractivity contribution in [1.29, 1.82) is 0 Å². The molecule has 11 heavy (non-hydrogen) atoms. The minimum atomic E-state index is 0.334. The summed E-state index contributed by atoms with van der Waals surface area (Å²) in [6.45, 7) is 0. The molecule has 0 bridgehead atoms. The van der Waals surface area contributed by atoms with Crippen LogP contribution < -0.4 is 0 Å². The van der Waals surface area contributed by atoms with E-state index in [2.05, 4.69) is 0 Å². The molecule has 3 heterocycles. The van der Waals surface area contributed by atoms with Gasteiger partial charge in [0.2, 0.25) is 0 Å². The van der Waals surface area contributed by atoms with Crippen LogP contribution in [-0.4, -0.2) is 14.5 Å². The molecule has 0 spiro atoms. The van der Waals surface area contributed by atoms with Crippen molar-refractivity contribution in [2.45, 2.75) is 0 Å². The summed E-state index contributed by atoms with van der Waals surface area (Å²) in [6, 6.07) is 3.98. The van der Waals surface area contributed by atoms with Gasteiger partial charge in [-0.2, -0.15) is 0 Å². The second-order valence-corrected chi connectivity index (χ2v) is 4.47. The molecule has 0 amide bonds. The average molecular weight is 211 g/mol. The Morgan fingerprint density at radius 3 is 3.00 bits per heavy atom. The molecule has 3 heteroatoms. The molecule has 0 saturated carbocycles. The molecule has 2 nitrogen and oxygen atoms in total. The maximum absolute atomic E-state index is 5.32. The molecule has 3 aromatic heterocycles. The molecule has 0 unspecified atom stereocenters. The van der Waals surface area contributed by atoms with Crippen LogP contribution in [-0.2, 0) is 0 Å². The molecule has 0 N–H and O–H groups in total. The molecule has 0 aliphatic carbocycles. The molecule has 0 aliphatic heterocycles. The predicted octanol–water partition coefficient (Wildman–Crippen LogP) is 2.24. The summed E-state index contributed by atoms with van der Waals surface area (Å²) in [5, 5.41) is 1.14. The van der Waals surface area contributed by atoms with Crippen LogP contribution in [0, 0.1) is 0 Å². The Bertz CT molecular complexity index is 455. The van der Waals surface area contributed by atoms with E-state index >= 15 is 0 Å². The van der Waals surface area contributed by atoms with Gasteiger partial charge >= 0.3 is 67.7 Å². The van der Waals surface area contributed by atoms with Gasteiger partial charge in [-0.1, -0.05) is 0 Å². The van der Waals surface area contributed by atoms with Crippen molar-refractivity contribution in [2.75, 3.05) is 0 Å². The average Bonchev–Trinajstić information content (AvgIpc) is 2.52. The van der Waals surface area contributed by atoms with Crippen molar-refractivity contribution in [3.8, 4) is 0 Å². The van der Waals surface area contributed by atoms with Crippen LogP contribution in [0.3, 0.4) is 0 Å². The first-order chi connectivity index (χ1) is 5.45. The third-order valence-electron chi connectivity index (χ3n) is 1.71. The standard InChI is InChI=1S/C8H4O2Se/c1-3-10-8-5(1)7-6(11-8)2-4-9-7/h1-4H. The van der Waals surface area contributed by atoms with Gasteiger partial charge in [-0.3, -0.25) is 0 Å². The third kappa shape index (κ3) is 0.621. The summed E-state index contributed by atoms with van der Waals surface area (Å²) in [5.74, 6) is 0. The maximum atomic E-state index is 5.32. The SMILES string of the molecule is c1cc2c(o1)[se]c1ccoc12. The molecule has 3 rings (SSSR count). The van der Waals surface area contributed by atoms with E-state index < -0.39 is 0 Å². The summed E-state index contributed by atoms with van der Waals surface area (Å²) in [5.41, 5.74) is 1.01. The van der Waals surface area contributed by atoms with E-state index in [-0.39, 0.29) is 0 Å². The second-order valence-electron chi connectivity index (χ2n) is 2.34. The van der Waals surface area contributed by atoms with E-state index in [9.17, 15) is 0 Å². The third-order valence-corrected chi connectivity index (χ3v) is 3.89. The molecular formula is C8H4O2Se. The Hall–Kier alpha value is -0.921. The summed E-state index contributed by atoms with van der Waals surface area (Å²) >= 11 is 0.334. The van der Waals surface area contributed by atoms with Gasteiger partial charge in [-0.05, 0) is 0 Å². The van der Waals surface area contributed by atoms with Crippen LogP contribution in [0.25, 0.3) is 19.7 Å². The number of hydrogen-bond donors (Lipinski definition) is 0. The molecular weight excluding hydrogens is 207 g/mol. The number of hydrogen-bond acceptors (Lipinski definition) is 2. The fraction of sp³-hybridized carbons (Fsp3) is 0. The molecule has 0 saturated heterocycles. The van der Waals surface area contributed by atoms with E-state index in [0.717, 1.165) is 15.4 Å². The van der Waals surface area contributed by atoms with Gasteiger partial charge in [0.25, 0.3) is 0 Å². The van der Waals surface area contributed by atoms with Crippen molar-refractivity contribution in [1.82, 2.24) is 0 Å². The first-order valence-electron chi connectivity index (χ1n) is 3.28. The van der Waals surface area contributed by atoms with Crippen molar-refractivity contribution in [3.05, 3.63) is 24.7 Å². The number of fused-ring (bicyclic) bond motifs is 3. The van der Waals surface area contributed by atoms with Crippen molar-refractivity contribution >= 4 is 34.2 Å². The normalized spacial score (nSPS) is 11.6. The van der Waals surface area contributed by atoms with Crippen molar-refractivity contribution < 1.29 is 8.83 Å². The second kappa shape index (κ2) is 1.81. The van der Waals surface area contributed by atoms with E-state index in [1.807, 2.05) is 12.1 Å². The zero-order valence-corrected chi connectivity index (χ0v) is 7.25. The monoisotopic (exact) mass is 212 g/mol. The Morgan fingerprint density at radius 1 is 1.09 bits per heavy atom. The van der Waals surface area contributed by atoms with Crippen LogP contribution in [0.2, 0.25) is 0 Å². The van der Waals surface area contributed by atoms with Crippen molar-refractivity contribution in [3.63, 3.8) is 0 Å². The topological polar surface area (TPSA) is 26.3 Å². The van der Waals surface area contributed by atoms with Crippen molar-refractivity contribution in [2.24, 2.45) is 0 Å². The van der Waals surface area contributed by atoms with Gasteiger partial charge in [-0.15, -0.1) is 0 Å². The molecule has 0 fully saturated rings.